The lowest BCUT2D eigenvalue weighted by Crippen LogP contribution is -2.33. The Morgan fingerprint density at radius 1 is 0.226 bits per heavy atom. The van der Waals surface area contributed by atoms with E-state index in [0.29, 0.717) is 0 Å². The minimum absolute atomic E-state index is 0.0747. The molecule has 0 atom stereocenters. The van der Waals surface area contributed by atoms with Crippen molar-refractivity contribution < 1.29 is 0 Å². The fourth-order valence-corrected chi connectivity index (χ4v) is 18.4. The minimum Gasteiger partial charge on any atom is -0.310 e. The van der Waals surface area contributed by atoms with Crippen molar-refractivity contribution in [3.8, 4) is 44.5 Å². The predicted octanol–water partition coefficient (Wildman–Crippen LogP) is 23.9. The predicted molar refractivity (Wildman–Crippen MR) is 391 cm³/mol. The van der Waals surface area contributed by atoms with Crippen LogP contribution in [0.1, 0.15) is 172 Å². The smallest absolute Gasteiger partial charge is 0.0736 e. The normalized spacial score (nSPS) is 15.3. The van der Waals surface area contributed by atoms with E-state index < -0.39 is 16.2 Å². The second-order valence-corrected chi connectivity index (χ2v) is 32.3. The van der Waals surface area contributed by atoms with Crippen molar-refractivity contribution >= 4 is 28.8 Å². The van der Waals surface area contributed by atoms with E-state index in [1.807, 2.05) is 11.8 Å². The Kier molecular flexibility index (Phi) is 12.3. The molecule has 0 bridgehead atoms. The van der Waals surface area contributed by atoms with Crippen molar-refractivity contribution in [2.45, 2.75) is 131 Å². The molecule has 12 aromatic carbocycles. The Morgan fingerprint density at radius 3 is 0.914 bits per heavy atom. The van der Waals surface area contributed by atoms with E-state index >= 15 is 0 Å². The Labute approximate surface area is 555 Å². The first kappa shape index (κ1) is 57.7. The van der Waals surface area contributed by atoms with Crippen LogP contribution in [0, 0.1) is 0 Å². The maximum Gasteiger partial charge on any atom is 0.0736 e. The highest BCUT2D eigenvalue weighted by atomic mass is 32.2. The van der Waals surface area contributed by atoms with Crippen LogP contribution in [0.5, 0.6) is 0 Å². The number of benzene rings is 12. The van der Waals surface area contributed by atoms with Gasteiger partial charge in [-0.25, -0.2) is 0 Å². The summed E-state index contributed by atoms with van der Waals surface area (Å²) in [7, 11) is 0. The lowest BCUT2D eigenvalue weighted by molar-refractivity contribution is 0.585. The Balaban J connectivity index is 0.989. The zero-order valence-electron chi connectivity index (χ0n) is 55.7. The standard InChI is InChI=1S/C91H79NS/c1-85(2,3)58-35-42-67-68-43-36-59(86(4,5)6)50-77(68)90(76(67)49-58)74-32-22-20-30-66(74)72-47-40-63(54-81(72)90)92(62-39-46-71-65-29-19-21-31-73(65)89(80(71)53-62,56-25-15-13-16-26-56)57-27-17-14-18-28-57)64-41-48-84-82(55-64)91(75-33-23-24-34-83(75)93-84)78-51-60(87(7,8)9)37-44-69(78)70-45-38-61(52-79(70)91)88(10,11)12/h13-55H,1-12H3. The molecular formula is C91H79NS. The van der Waals surface area contributed by atoms with E-state index in [9.17, 15) is 0 Å². The molecule has 0 saturated heterocycles. The maximum absolute atomic E-state index is 2.64. The van der Waals surface area contributed by atoms with Gasteiger partial charge in [-0.2, -0.15) is 0 Å². The summed E-state index contributed by atoms with van der Waals surface area (Å²) >= 11 is 1.92. The van der Waals surface area contributed by atoms with Gasteiger partial charge in [-0.3, -0.25) is 0 Å². The first-order valence-corrected chi connectivity index (χ1v) is 34.4. The SMILES string of the molecule is CC(C)(C)c1ccc2c(c1)C1(c3ccccc3Sc3ccc(N(c4ccc5c(c4)C(c4ccccc4)(c4ccccc4)c4ccccc4-5)c4ccc5c(c4)C4(c6ccccc6-5)c5cc(C(C)(C)C)ccc5-c5ccc(C(C)(C)C)cc54)cc31)c1cc(C(C)(C)C)ccc1-2. The van der Waals surface area contributed by atoms with Crippen LogP contribution in [0.4, 0.5) is 17.1 Å². The largest absolute Gasteiger partial charge is 0.310 e. The molecule has 0 unspecified atom stereocenters. The monoisotopic (exact) mass is 1220 g/mol. The molecule has 5 aliphatic rings. The number of hydrogen-bond donors (Lipinski definition) is 0. The second kappa shape index (κ2) is 19.9. The van der Waals surface area contributed by atoms with Crippen molar-refractivity contribution in [3.63, 3.8) is 0 Å². The zero-order valence-corrected chi connectivity index (χ0v) is 56.5. The van der Waals surface area contributed by atoms with Gasteiger partial charge in [0.1, 0.15) is 0 Å². The van der Waals surface area contributed by atoms with Crippen molar-refractivity contribution in [1.82, 2.24) is 0 Å². The van der Waals surface area contributed by atoms with E-state index in [-0.39, 0.29) is 21.7 Å². The van der Waals surface area contributed by atoms with Crippen molar-refractivity contribution in [3.05, 3.63) is 350 Å². The van der Waals surface area contributed by atoms with Crippen LogP contribution in [0.3, 0.4) is 0 Å². The number of rotatable bonds is 5. The molecule has 17 rings (SSSR count). The van der Waals surface area contributed by atoms with Gasteiger partial charge in [0.05, 0.1) is 16.2 Å². The number of nitrogens with zero attached hydrogens (tertiary/aromatic N) is 1. The molecule has 4 aliphatic carbocycles. The van der Waals surface area contributed by atoms with E-state index in [0.717, 1.165) is 17.1 Å². The molecule has 0 fully saturated rings. The number of anilines is 3. The molecule has 93 heavy (non-hydrogen) atoms. The minimum atomic E-state index is -0.641. The molecule has 2 spiro atoms. The summed E-state index contributed by atoms with van der Waals surface area (Å²) in [4.78, 5) is 5.22. The Bertz CT molecular complexity index is 4940. The van der Waals surface area contributed by atoms with Gasteiger partial charge in [0.25, 0.3) is 0 Å². The van der Waals surface area contributed by atoms with E-state index in [2.05, 4.69) is 349 Å². The molecule has 2 heteroatoms. The van der Waals surface area contributed by atoms with Crippen LogP contribution in [0.2, 0.25) is 0 Å². The zero-order chi connectivity index (χ0) is 63.9. The fraction of sp³-hybridized carbons (Fsp3) is 0.209. The molecule has 0 aromatic heterocycles. The summed E-state index contributed by atoms with van der Waals surface area (Å²) in [6.07, 6.45) is 0. The lowest BCUT2D eigenvalue weighted by atomic mass is 9.66. The third kappa shape index (κ3) is 8.07. The molecule has 0 N–H and O–H groups in total. The summed E-state index contributed by atoms with van der Waals surface area (Å²) < 4.78 is 0. The first-order chi connectivity index (χ1) is 44.6. The maximum atomic E-state index is 2.64. The van der Waals surface area contributed by atoms with Gasteiger partial charge < -0.3 is 4.90 Å². The molecule has 1 nitrogen and oxygen atoms in total. The first-order valence-electron chi connectivity index (χ1n) is 33.5. The summed E-state index contributed by atoms with van der Waals surface area (Å²) in [6, 6.07) is 103. The van der Waals surface area contributed by atoms with Crippen molar-refractivity contribution in [2.75, 3.05) is 4.90 Å². The molecule has 454 valence electrons. The van der Waals surface area contributed by atoms with Gasteiger partial charge in [0.2, 0.25) is 0 Å². The van der Waals surface area contributed by atoms with Gasteiger partial charge in [-0.15, -0.1) is 0 Å². The summed E-state index contributed by atoms with van der Waals surface area (Å²) in [5, 5.41) is 0. The van der Waals surface area contributed by atoms with Gasteiger partial charge in [-0.1, -0.05) is 307 Å². The van der Waals surface area contributed by atoms with Gasteiger partial charge >= 0.3 is 0 Å². The average molecular weight is 1220 g/mol. The van der Waals surface area contributed by atoms with Crippen LogP contribution < -0.4 is 4.90 Å². The van der Waals surface area contributed by atoms with E-state index in [4.69, 9.17) is 0 Å². The third-order valence-corrected chi connectivity index (χ3v) is 23.0. The topological polar surface area (TPSA) is 3.24 Å². The van der Waals surface area contributed by atoms with E-state index in [1.165, 1.54) is 143 Å². The molecular weight excluding hydrogens is 1140 g/mol. The van der Waals surface area contributed by atoms with Crippen molar-refractivity contribution in [2.24, 2.45) is 0 Å². The van der Waals surface area contributed by atoms with E-state index in [1.54, 1.807) is 0 Å². The molecule has 1 heterocycles. The Hall–Kier alpha value is -9.21. The third-order valence-electron chi connectivity index (χ3n) is 21.9. The molecule has 12 aromatic rings. The second-order valence-electron chi connectivity index (χ2n) is 31.2. The van der Waals surface area contributed by atoms with Gasteiger partial charge in [0.15, 0.2) is 0 Å². The average Bonchev–Trinajstić information content (AvgIpc) is 1.53. The van der Waals surface area contributed by atoms with Crippen LogP contribution in [0.25, 0.3) is 44.5 Å². The van der Waals surface area contributed by atoms with Crippen molar-refractivity contribution in [1.29, 1.82) is 0 Å². The molecule has 0 radical (unpaired) electrons. The lowest BCUT2D eigenvalue weighted by Gasteiger charge is -2.41. The van der Waals surface area contributed by atoms with Crippen LogP contribution in [-0.4, -0.2) is 0 Å². The number of hydrogen-bond acceptors (Lipinski definition) is 2. The summed E-state index contributed by atoms with van der Waals surface area (Å²) in [6.45, 7) is 28.4. The highest BCUT2D eigenvalue weighted by Gasteiger charge is 2.55. The highest BCUT2D eigenvalue weighted by Crippen LogP contribution is 2.67. The molecule has 0 saturated carbocycles. The quantitative estimate of drug-likeness (QED) is 0.169. The van der Waals surface area contributed by atoms with Crippen LogP contribution >= 0.6 is 11.8 Å². The fourth-order valence-electron chi connectivity index (χ4n) is 17.3. The van der Waals surface area contributed by atoms with Crippen LogP contribution in [-0.2, 0) is 37.9 Å². The highest BCUT2D eigenvalue weighted by molar-refractivity contribution is 7.99. The van der Waals surface area contributed by atoms with Gasteiger partial charge in [0, 0.05) is 26.9 Å². The summed E-state index contributed by atoms with van der Waals surface area (Å²) in [5.74, 6) is 0. The van der Waals surface area contributed by atoms with Gasteiger partial charge in [-0.05, 0) is 204 Å². The number of fused-ring (bicyclic) bond motifs is 22. The Morgan fingerprint density at radius 2 is 0.505 bits per heavy atom. The molecule has 0 amide bonds. The molecule has 1 aliphatic heterocycles. The van der Waals surface area contributed by atoms with Crippen LogP contribution in [0.15, 0.2) is 271 Å². The summed E-state index contributed by atoms with van der Waals surface area (Å²) in [5.41, 5.74) is 32.8.